The minimum atomic E-state index is 0.477. The van der Waals surface area contributed by atoms with Crippen molar-refractivity contribution in [3.8, 4) is 5.75 Å². The van der Waals surface area contributed by atoms with E-state index in [0.29, 0.717) is 21.7 Å². The maximum absolute atomic E-state index is 10.3. The van der Waals surface area contributed by atoms with Crippen molar-refractivity contribution in [2.24, 2.45) is 0 Å². The molecule has 0 radical (unpaired) electrons. The molecule has 0 fully saturated rings. The fraction of sp³-hybridized carbons (Fsp3) is 0.455. The molecule has 0 aliphatic carbocycles. The molecular weight excluding hydrogens is 185 g/mol. The third kappa shape index (κ3) is 8.23. The van der Waals surface area contributed by atoms with Gasteiger partial charge >= 0.3 is 42.6 Å². The zero-order valence-electron chi connectivity index (χ0n) is 10.1. The molecule has 78 valence electrons. The second-order valence-corrected chi connectivity index (χ2v) is 4.74. The molecule has 1 aromatic rings. The van der Waals surface area contributed by atoms with Crippen LogP contribution in [0.25, 0.3) is 0 Å². The number of aromatic nitrogens is 1. The van der Waals surface area contributed by atoms with Crippen LogP contribution in [0.15, 0.2) is 18.5 Å². The summed E-state index contributed by atoms with van der Waals surface area (Å²) in [6.07, 6.45) is 3.75. The molecule has 0 unspecified atom stereocenters. The van der Waals surface area contributed by atoms with Crippen molar-refractivity contribution in [3.63, 3.8) is 0 Å². The van der Waals surface area contributed by atoms with Crippen LogP contribution >= 0.6 is 0 Å². The van der Waals surface area contributed by atoms with Crippen molar-refractivity contribution in [3.05, 3.63) is 24.0 Å². The molecule has 1 aromatic heterocycles. The Kier molecular flexibility index (Phi) is 6.31. The summed E-state index contributed by atoms with van der Waals surface area (Å²) in [4.78, 5) is 14.0. The molecule has 1 rings (SSSR count). The van der Waals surface area contributed by atoms with Crippen LogP contribution in [-0.4, -0.2) is 36.1 Å². The van der Waals surface area contributed by atoms with E-state index in [1.807, 2.05) is 0 Å². The van der Waals surface area contributed by atoms with Gasteiger partial charge in [0.15, 0.2) is 6.29 Å². The normalized spacial score (nSPS) is 10.0. The van der Waals surface area contributed by atoms with Gasteiger partial charge in [-0.15, -0.1) is 0 Å². The Morgan fingerprint density at radius 3 is 2.33 bits per heavy atom. The Morgan fingerprint density at radius 2 is 2.00 bits per heavy atom. The summed E-state index contributed by atoms with van der Waals surface area (Å²) < 4.78 is 5.36. The average Bonchev–Trinajstić information content (AvgIpc) is 2.15. The van der Waals surface area contributed by atoms with Crippen molar-refractivity contribution >= 4 is 24.0 Å². The Hall–Kier alpha value is -0.783. The van der Waals surface area contributed by atoms with Gasteiger partial charge in [-0.25, -0.2) is 0 Å². The Morgan fingerprint density at radius 1 is 1.47 bits per heavy atom. The van der Waals surface area contributed by atoms with E-state index in [1.165, 1.54) is 13.3 Å². The number of hydrogen-bond acceptors (Lipinski definition) is 3. The zero-order valence-corrected chi connectivity index (χ0v) is 10.1. The van der Waals surface area contributed by atoms with Crippen LogP contribution in [0.1, 0.15) is 31.1 Å². The van der Waals surface area contributed by atoms with Crippen molar-refractivity contribution < 1.29 is 9.53 Å². The molecule has 0 atom stereocenters. The van der Waals surface area contributed by atoms with Crippen LogP contribution in [0.5, 0.6) is 5.75 Å². The first-order valence-corrected chi connectivity index (χ1v) is 4.81. The zero-order chi connectivity index (χ0) is 11.9. The van der Waals surface area contributed by atoms with Crippen LogP contribution in [0.4, 0.5) is 0 Å². The van der Waals surface area contributed by atoms with Crippen molar-refractivity contribution in [1.82, 2.24) is 4.98 Å². The third-order valence-corrected chi connectivity index (χ3v) is 1.16. The molecule has 0 aliphatic heterocycles. The molecule has 0 saturated carbocycles. The first-order chi connectivity index (χ1) is 6.88. The maximum atomic E-state index is 10.3. The SMILES string of the molecule is COc1ccncc1C=O.[Li][C](C)(C)C. The summed E-state index contributed by atoms with van der Waals surface area (Å²) >= 11 is 2.19. The van der Waals surface area contributed by atoms with Gasteiger partial charge in [0.05, 0.1) is 12.7 Å². The quantitative estimate of drug-likeness (QED) is 0.544. The number of rotatable bonds is 2. The van der Waals surface area contributed by atoms with E-state index in [4.69, 9.17) is 4.74 Å². The summed E-state index contributed by atoms with van der Waals surface area (Å²) in [5.74, 6) is 0.560. The molecule has 0 N–H and O–H groups in total. The van der Waals surface area contributed by atoms with Crippen molar-refractivity contribution in [1.29, 1.82) is 0 Å². The molecule has 1 heterocycles. The molecule has 3 nitrogen and oxygen atoms in total. The molecule has 0 saturated heterocycles. The van der Waals surface area contributed by atoms with Gasteiger partial charge in [0.2, 0.25) is 0 Å². The number of pyridine rings is 1. The number of hydrogen-bond donors (Lipinski definition) is 0. The fourth-order valence-electron chi connectivity index (χ4n) is 0.668. The first-order valence-electron chi connectivity index (χ1n) is 4.81. The van der Waals surface area contributed by atoms with Crippen LogP contribution in [0, 0.1) is 0 Å². The number of carbonyl (C=O) groups is 1. The number of aldehydes is 1. The summed E-state index contributed by atoms with van der Waals surface area (Å²) in [6.45, 7) is 6.56. The Labute approximate surface area is 100 Å². The molecule has 4 heteroatoms. The standard InChI is InChI=1S/C7H7NO2.C4H9.Li/c1-10-7-2-3-8-4-6(7)5-9;1-4(2)3;/h2-5H,1H3;1-3H3;. The molecule has 0 aromatic carbocycles. The molecule has 0 amide bonds. The minimum absolute atomic E-state index is 0.477. The van der Waals surface area contributed by atoms with E-state index >= 15 is 0 Å². The van der Waals surface area contributed by atoms with E-state index in [2.05, 4.69) is 43.5 Å². The average molecular weight is 201 g/mol. The fourth-order valence-corrected chi connectivity index (χ4v) is 0.668. The summed E-state index contributed by atoms with van der Waals surface area (Å²) in [6, 6.07) is 1.64. The second-order valence-electron chi connectivity index (χ2n) is 4.74. The molecular formula is C11H16LiNO2. The molecule has 15 heavy (non-hydrogen) atoms. The van der Waals surface area contributed by atoms with E-state index in [9.17, 15) is 4.79 Å². The van der Waals surface area contributed by atoms with Gasteiger partial charge in [0.1, 0.15) is 5.75 Å². The van der Waals surface area contributed by atoms with E-state index < -0.39 is 0 Å². The number of carbonyl (C=O) groups excluding carboxylic acids is 1. The predicted octanol–water partition coefficient (Wildman–Crippen LogP) is 2.28. The van der Waals surface area contributed by atoms with Crippen LogP contribution in [-0.2, 0) is 0 Å². The van der Waals surface area contributed by atoms with Crippen LogP contribution < -0.4 is 4.74 Å². The Bertz CT molecular complexity index is 302. The predicted molar refractivity (Wildman–Crippen MR) is 61.6 cm³/mol. The van der Waals surface area contributed by atoms with E-state index in [0.717, 1.165) is 0 Å². The summed E-state index contributed by atoms with van der Waals surface area (Å²) in [5, 5.41) is 0. The second kappa shape index (κ2) is 6.66. The van der Waals surface area contributed by atoms with Crippen LogP contribution in [0.2, 0.25) is 4.09 Å². The van der Waals surface area contributed by atoms with E-state index in [1.54, 1.807) is 12.3 Å². The van der Waals surface area contributed by atoms with Gasteiger partial charge in [-0.1, -0.05) is 0 Å². The van der Waals surface area contributed by atoms with Gasteiger partial charge in [-0.05, 0) is 6.07 Å². The van der Waals surface area contributed by atoms with Gasteiger partial charge < -0.3 is 4.74 Å². The molecule has 0 bridgehead atoms. The Balaban J connectivity index is 0.000000336. The van der Waals surface area contributed by atoms with E-state index in [-0.39, 0.29) is 0 Å². The van der Waals surface area contributed by atoms with Crippen LogP contribution in [0.3, 0.4) is 0 Å². The monoisotopic (exact) mass is 201 g/mol. The topological polar surface area (TPSA) is 39.2 Å². The van der Waals surface area contributed by atoms with Crippen molar-refractivity contribution in [2.75, 3.05) is 7.11 Å². The molecule has 0 spiro atoms. The number of ether oxygens (including phenoxy) is 1. The number of methoxy groups -OCH3 is 1. The van der Waals surface area contributed by atoms with Gasteiger partial charge in [-0.2, -0.15) is 0 Å². The number of nitrogens with zero attached hydrogens (tertiary/aromatic N) is 1. The summed E-state index contributed by atoms with van der Waals surface area (Å²) in [7, 11) is 1.52. The van der Waals surface area contributed by atoms with Gasteiger partial charge in [-0.3, -0.25) is 9.78 Å². The molecule has 0 aliphatic rings. The van der Waals surface area contributed by atoms with Gasteiger partial charge in [0.25, 0.3) is 0 Å². The summed E-state index contributed by atoms with van der Waals surface area (Å²) in [5.41, 5.74) is 0.477. The van der Waals surface area contributed by atoms with Crippen molar-refractivity contribution in [2.45, 2.75) is 24.9 Å². The van der Waals surface area contributed by atoms with Gasteiger partial charge in [0, 0.05) is 12.4 Å². The first kappa shape index (κ1) is 14.2. The third-order valence-electron chi connectivity index (χ3n) is 1.16.